The lowest BCUT2D eigenvalue weighted by atomic mass is 9.85. The normalized spacial score (nSPS) is 24.3. The molecule has 0 saturated heterocycles. The molecule has 3 rings (SSSR count). The molecule has 2 atom stereocenters. The highest BCUT2D eigenvalue weighted by molar-refractivity contribution is 9.10. The van der Waals surface area contributed by atoms with E-state index < -0.39 is 11.7 Å². The predicted molar refractivity (Wildman–Crippen MR) is 90.9 cm³/mol. The first-order chi connectivity index (χ1) is 9.89. The van der Waals surface area contributed by atoms with Gasteiger partial charge in [0.05, 0.1) is 6.10 Å². The SMILES string of the molecule is CC1(c2ccc(Br)cc2Cl)CC(O)c2ccc(Br)cc2O1. The molecule has 0 amide bonds. The van der Waals surface area contributed by atoms with Gasteiger partial charge in [-0.2, -0.15) is 0 Å². The van der Waals surface area contributed by atoms with E-state index in [4.69, 9.17) is 16.3 Å². The highest BCUT2D eigenvalue weighted by atomic mass is 79.9. The van der Waals surface area contributed by atoms with Gasteiger partial charge in [0, 0.05) is 31.5 Å². The van der Waals surface area contributed by atoms with E-state index in [0.29, 0.717) is 17.2 Å². The van der Waals surface area contributed by atoms with Crippen LogP contribution in [0.5, 0.6) is 5.75 Å². The van der Waals surface area contributed by atoms with E-state index >= 15 is 0 Å². The average molecular weight is 433 g/mol. The fourth-order valence-corrected chi connectivity index (χ4v) is 3.93. The van der Waals surface area contributed by atoms with Gasteiger partial charge in [0.2, 0.25) is 0 Å². The number of aliphatic hydroxyl groups excluding tert-OH is 1. The second-order valence-electron chi connectivity index (χ2n) is 5.36. The van der Waals surface area contributed by atoms with Crippen LogP contribution in [0.15, 0.2) is 45.3 Å². The minimum atomic E-state index is -0.662. The Morgan fingerprint density at radius 3 is 2.57 bits per heavy atom. The second-order valence-corrected chi connectivity index (χ2v) is 7.60. The van der Waals surface area contributed by atoms with E-state index in [9.17, 15) is 5.11 Å². The van der Waals surface area contributed by atoms with E-state index in [1.54, 1.807) is 0 Å². The van der Waals surface area contributed by atoms with Crippen molar-refractivity contribution >= 4 is 43.5 Å². The molecular weight excluding hydrogens is 419 g/mol. The minimum Gasteiger partial charge on any atom is -0.482 e. The maximum atomic E-state index is 10.4. The van der Waals surface area contributed by atoms with Gasteiger partial charge in [0.25, 0.3) is 0 Å². The Labute approximate surface area is 145 Å². The Kier molecular flexibility index (Phi) is 4.08. The summed E-state index contributed by atoms with van der Waals surface area (Å²) in [6.45, 7) is 1.95. The van der Waals surface area contributed by atoms with Crippen molar-refractivity contribution in [2.24, 2.45) is 0 Å². The number of benzene rings is 2. The molecule has 2 unspecified atom stereocenters. The predicted octanol–water partition coefficient (Wildman–Crippen LogP) is 5.60. The molecule has 1 aliphatic rings. The highest BCUT2D eigenvalue weighted by Crippen LogP contribution is 2.47. The standard InChI is InChI=1S/C16H13Br2ClO2/c1-16(12-5-3-9(17)6-13(12)19)8-14(20)11-4-2-10(18)7-15(11)21-16/h2-7,14,20H,8H2,1H3. The van der Waals surface area contributed by atoms with Crippen LogP contribution in [0.2, 0.25) is 5.02 Å². The summed E-state index contributed by atoms with van der Waals surface area (Å²) in [5.74, 6) is 0.685. The first-order valence-electron chi connectivity index (χ1n) is 6.51. The van der Waals surface area contributed by atoms with Crippen LogP contribution in [0.3, 0.4) is 0 Å². The van der Waals surface area contributed by atoms with Gasteiger partial charge in [-0.15, -0.1) is 0 Å². The van der Waals surface area contributed by atoms with Gasteiger partial charge in [0.15, 0.2) is 0 Å². The molecule has 0 radical (unpaired) electrons. The first kappa shape index (κ1) is 15.3. The zero-order valence-corrected chi connectivity index (χ0v) is 15.2. The molecule has 0 fully saturated rings. The second kappa shape index (κ2) is 5.58. The monoisotopic (exact) mass is 430 g/mol. The van der Waals surface area contributed by atoms with Crippen molar-refractivity contribution in [3.8, 4) is 5.75 Å². The molecule has 0 aliphatic carbocycles. The first-order valence-corrected chi connectivity index (χ1v) is 8.47. The molecule has 1 heterocycles. The van der Waals surface area contributed by atoms with Crippen molar-refractivity contribution < 1.29 is 9.84 Å². The number of fused-ring (bicyclic) bond motifs is 1. The summed E-state index contributed by atoms with van der Waals surface area (Å²) in [5.41, 5.74) is 1.02. The Balaban J connectivity index is 2.07. The van der Waals surface area contributed by atoms with Crippen molar-refractivity contribution in [2.45, 2.75) is 25.0 Å². The molecule has 0 saturated carbocycles. The van der Waals surface area contributed by atoms with Crippen molar-refractivity contribution in [3.63, 3.8) is 0 Å². The Morgan fingerprint density at radius 1 is 1.19 bits per heavy atom. The van der Waals surface area contributed by atoms with Crippen molar-refractivity contribution in [3.05, 3.63) is 61.5 Å². The zero-order chi connectivity index (χ0) is 15.2. The maximum Gasteiger partial charge on any atom is 0.135 e. The summed E-state index contributed by atoms with van der Waals surface area (Å²) in [4.78, 5) is 0. The molecule has 110 valence electrons. The van der Waals surface area contributed by atoms with Crippen LogP contribution in [0.1, 0.15) is 30.6 Å². The van der Waals surface area contributed by atoms with Gasteiger partial charge in [-0.25, -0.2) is 0 Å². The lowest BCUT2D eigenvalue weighted by Gasteiger charge is -2.39. The fourth-order valence-electron chi connectivity index (χ4n) is 2.72. The third kappa shape index (κ3) is 2.87. The van der Waals surface area contributed by atoms with E-state index in [-0.39, 0.29) is 0 Å². The van der Waals surface area contributed by atoms with Gasteiger partial charge in [-0.05, 0) is 31.2 Å². The fraction of sp³-hybridized carbons (Fsp3) is 0.250. The quantitative estimate of drug-likeness (QED) is 0.636. The highest BCUT2D eigenvalue weighted by Gasteiger charge is 2.39. The smallest absolute Gasteiger partial charge is 0.135 e. The molecular formula is C16H13Br2ClO2. The average Bonchev–Trinajstić information content (AvgIpc) is 2.37. The molecule has 0 bridgehead atoms. The van der Waals surface area contributed by atoms with Crippen molar-refractivity contribution in [2.75, 3.05) is 0 Å². The summed E-state index contributed by atoms with van der Waals surface area (Å²) in [6, 6.07) is 11.4. The number of halogens is 3. The molecule has 1 aliphatic heterocycles. The molecule has 0 aromatic heterocycles. The molecule has 2 aromatic rings. The van der Waals surface area contributed by atoms with Crippen LogP contribution in [0, 0.1) is 0 Å². The number of hydrogen-bond acceptors (Lipinski definition) is 2. The van der Waals surface area contributed by atoms with E-state index in [1.807, 2.05) is 43.3 Å². The lowest BCUT2D eigenvalue weighted by molar-refractivity contribution is -0.00484. The van der Waals surface area contributed by atoms with E-state index in [0.717, 1.165) is 20.1 Å². The molecule has 21 heavy (non-hydrogen) atoms. The Bertz CT molecular complexity index is 705. The van der Waals surface area contributed by atoms with Gasteiger partial charge in [-0.3, -0.25) is 0 Å². The molecule has 0 spiro atoms. The molecule has 5 heteroatoms. The Morgan fingerprint density at radius 2 is 1.86 bits per heavy atom. The minimum absolute atomic E-state index is 0.461. The topological polar surface area (TPSA) is 29.5 Å². The summed E-state index contributed by atoms with van der Waals surface area (Å²) >= 11 is 13.2. The summed E-state index contributed by atoms with van der Waals surface area (Å²) in [6.07, 6.45) is -0.116. The zero-order valence-electron chi connectivity index (χ0n) is 11.2. The number of ether oxygens (including phenoxy) is 1. The van der Waals surface area contributed by atoms with Crippen LogP contribution in [0.25, 0.3) is 0 Å². The van der Waals surface area contributed by atoms with Gasteiger partial charge >= 0.3 is 0 Å². The number of rotatable bonds is 1. The van der Waals surface area contributed by atoms with Crippen molar-refractivity contribution in [1.29, 1.82) is 0 Å². The van der Waals surface area contributed by atoms with Crippen LogP contribution in [0.4, 0.5) is 0 Å². The third-order valence-corrected chi connectivity index (χ3v) is 5.05. The van der Waals surface area contributed by atoms with Crippen LogP contribution in [-0.4, -0.2) is 5.11 Å². The molecule has 2 aromatic carbocycles. The summed E-state index contributed by atoms with van der Waals surface area (Å²) in [5, 5.41) is 11.1. The largest absolute Gasteiger partial charge is 0.482 e. The van der Waals surface area contributed by atoms with Crippen LogP contribution >= 0.6 is 43.5 Å². The lowest BCUT2D eigenvalue weighted by Crippen LogP contribution is -2.35. The molecule has 1 N–H and O–H groups in total. The molecule has 2 nitrogen and oxygen atoms in total. The summed E-state index contributed by atoms with van der Waals surface area (Å²) < 4.78 is 8.02. The third-order valence-electron chi connectivity index (χ3n) is 3.75. The van der Waals surface area contributed by atoms with E-state index in [1.165, 1.54) is 0 Å². The number of hydrogen-bond donors (Lipinski definition) is 1. The van der Waals surface area contributed by atoms with Crippen LogP contribution < -0.4 is 4.74 Å². The van der Waals surface area contributed by atoms with Crippen molar-refractivity contribution in [1.82, 2.24) is 0 Å². The van der Waals surface area contributed by atoms with E-state index in [2.05, 4.69) is 31.9 Å². The van der Waals surface area contributed by atoms with Gasteiger partial charge in [-0.1, -0.05) is 55.6 Å². The van der Waals surface area contributed by atoms with Gasteiger partial charge in [0.1, 0.15) is 11.4 Å². The van der Waals surface area contributed by atoms with Crippen LogP contribution in [-0.2, 0) is 5.60 Å². The van der Waals surface area contributed by atoms with Gasteiger partial charge < -0.3 is 9.84 Å². The Hall–Kier alpha value is -0.550. The number of aliphatic hydroxyl groups is 1. The maximum absolute atomic E-state index is 10.4. The summed E-state index contributed by atoms with van der Waals surface area (Å²) in [7, 11) is 0.